The number of thiazole rings is 1. The third-order valence-electron chi connectivity index (χ3n) is 2.73. The lowest BCUT2D eigenvalue weighted by atomic mass is 9.98. The summed E-state index contributed by atoms with van der Waals surface area (Å²) in [6, 6.07) is 6.36. The van der Waals surface area contributed by atoms with Crippen LogP contribution in [0.15, 0.2) is 34.1 Å². The van der Waals surface area contributed by atoms with Crippen molar-refractivity contribution >= 4 is 45.6 Å². The van der Waals surface area contributed by atoms with Crippen molar-refractivity contribution in [3.8, 4) is 0 Å². The van der Waals surface area contributed by atoms with E-state index in [1.807, 2.05) is 0 Å². The van der Waals surface area contributed by atoms with Crippen LogP contribution in [0.4, 0.5) is 0 Å². The second-order valence-corrected chi connectivity index (χ2v) is 6.40. The summed E-state index contributed by atoms with van der Waals surface area (Å²) in [5, 5.41) is 0.764. The van der Waals surface area contributed by atoms with Gasteiger partial charge in [0.25, 0.3) is 0 Å². The van der Waals surface area contributed by atoms with Crippen LogP contribution in [-0.2, 0) is 4.79 Å². The van der Waals surface area contributed by atoms with E-state index in [1.165, 1.54) is 0 Å². The van der Waals surface area contributed by atoms with E-state index in [0.29, 0.717) is 20.5 Å². The van der Waals surface area contributed by atoms with Crippen LogP contribution in [0.3, 0.4) is 0 Å². The topological polar surface area (TPSA) is 67.0 Å². The van der Waals surface area contributed by atoms with Crippen molar-refractivity contribution < 1.29 is 9.59 Å². The maximum atomic E-state index is 12.4. The summed E-state index contributed by atoms with van der Waals surface area (Å²) >= 11 is 7.59. The summed E-state index contributed by atoms with van der Waals surface area (Å²) in [4.78, 5) is 38.3. The van der Waals surface area contributed by atoms with E-state index in [9.17, 15) is 14.4 Å². The smallest absolute Gasteiger partial charge is 0.305 e. The van der Waals surface area contributed by atoms with Crippen LogP contribution in [0.2, 0.25) is 5.02 Å². The number of ketones is 1. The fourth-order valence-electron chi connectivity index (χ4n) is 1.87. The average Bonchev–Trinajstić information content (AvgIpc) is 2.84. The number of benzene rings is 1. The van der Waals surface area contributed by atoms with E-state index in [-0.39, 0.29) is 15.8 Å². The van der Waals surface area contributed by atoms with Crippen molar-refractivity contribution in [1.82, 2.24) is 4.98 Å². The highest BCUT2D eigenvalue weighted by Gasteiger charge is 2.40. The highest BCUT2D eigenvalue weighted by atomic mass is 35.5. The number of aromatic nitrogens is 1. The lowest BCUT2D eigenvalue weighted by molar-refractivity contribution is -0.111. The van der Waals surface area contributed by atoms with Crippen LogP contribution >= 0.6 is 34.7 Å². The zero-order chi connectivity index (χ0) is 13.6. The second kappa shape index (κ2) is 4.63. The maximum Gasteiger partial charge on any atom is 0.305 e. The summed E-state index contributed by atoms with van der Waals surface area (Å²) in [5.74, 6) is -1.19. The SMILES string of the molecule is O=C1Sc2[nH]c(=O)sc2[C@H]1C(=O)c1ccc(Cl)cc1. The standard InChI is InChI=1S/C12H6ClNO3S2/c13-6-3-1-5(2-4-6)8(15)7-9-10(19-11(7)16)14-12(17)18-9/h1-4,7H,(H,14,17)/t7-/m1/s1. The Kier molecular flexibility index (Phi) is 3.08. The van der Waals surface area contributed by atoms with Crippen LogP contribution < -0.4 is 4.87 Å². The van der Waals surface area contributed by atoms with Gasteiger partial charge in [-0.3, -0.25) is 14.4 Å². The van der Waals surface area contributed by atoms with Gasteiger partial charge in [-0.2, -0.15) is 0 Å². The Morgan fingerprint density at radius 3 is 2.58 bits per heavy atom. The molecule has 1 N–H and O–H groups in total. The minimum Gasteiger partial charge on any atom is -0.307 e. The quantitative estimate of drug-likeness (QED) is 0.684. The molecule has 0 bridgehead atoms. The van der Waals surface area contributed by atoms with Crippen molar-refractivity contribution in [2.75, 3.05) is 0 Å². The van der Waals surface area contributed by atoms with Crippen molar-refractivity contribution in [3.05, 3.63) is 49.4 Å². The maximum absolute atomic E-state index is 12.4. The zero-order valence-corrected chi connectivity index (χ0v) is 11.7. The fourth-order valence-corrected chi connectivity index (χ4v) is 4.12. The summed E-state index contributed by atoms with van der Waals surface area (Å²) < 4.78 is 0. The minimum absolute atomic E-state index is 0.251. The van der Waals surface area contributed by atoms with E-state index in [0.717, 1.165) is 23.1 Å². The summed E-state index contributed by atoms with van der Waals surface area (Å²) in [6.07, 6.45) is 0. The van der Waals surface area contributed by atoms with Gasteiger partial charge in [0.1, 0.15) is 5.92 Å². The summed E-state index contributed by atoms with van der Waals surface area (Å²) in [7, 11) is 0. The lowest BCUT2D eigenvalue weighted by Crippen LogP contribution is -2.15. The van der Waals surface area contributed by atoms with Gasteiger partial charge in [0.2, 0.25) is 5.12 Å². The highest BCUT2D eigenvalue weighted by Crippen LogP contribution is 2.42. The number of H-pyrrole nitrogens is 1. The Balaban J connectivity index is 2.02. The van der Waals surface area contributed by atoms with Gasteiger partial charge in [0.15, 0.2) is 5.78 Å². The zero-order valence-electron chi connectivity index (χ0n) is 9.31. The van der Waals surface area contributed by atoms with Gasteiger partial charge in [0.05, 0.1) is 9.90 Å². The number of carbonyl (C=O) groups is 2. The molecular weight excluding hydrogens is 306 g/mol. The molecule has 19 heavy (non-hydrogen) atoms. The number of thioether (sulfide) groups is 1. The first-order chi connectivity index (χ1) is 9.06. The van der Waals surface area contributed by atoms with Crippen LogP contribution in [0, 0.1) is 0 Å². The summed E-state index contributed by atoms with van der Waals surface area (Å²) in [5.41, 5.74) is 0.414. The molecule has 2 heterocycles. The van der Waals surface area contributed by atoms with E-state index >= 15 is 0 Å². The van der Waals surface area contributed by atoms with Crippen LogP contribution in [0.1, 0.15) is 21.2 Å². The van der Waals surface area contributed by atoms with E-state index < -0.39 is 5.92 Å². The van der Waals surface area contributed by atoms with E-state index in [4.69, 9.17) is 11.6 Å². The number of carbonyl (C=O) groups excluding carboxylic acids is 2. The molecular formula is C12H6ClNO3S2. The molecule has 1 aromatic carbocycles. The Bertz CT molecular complexity index is 732. The number of hydrogen-bond acceptors (Lipinski definition) is 5. The number of Topliss-reactive ketones (excluding diaryl/α,β-unsaturated/α-hetero) is 1. The van der Waals surface area contributed by atoms with Crippen LogP contribution in [0.5, 0.6) is 0 Å². The number of hydrogen-bond donors (Lipinski definition) is 1. The number of aromatic amines is 1. The largest absolute Gasteiger partial charge is 0.307 e. The van der Waals surface area contributed by atoms with Crippen molar-refractivity contribution in [2.24, 2.45) is 0 Å². The fraction of sp³-hybridized carbons (Fsp3) is 0.0833. The first-order valence-electron chi connectivity index (χ1n) is 5.31. The molecule has 0 saturated carbocycles. The predicted molar refractivity (Wildman–Crippen MR) is 74.3 cm³/mol. The first-order valence-corrected chi connectivity index (χ1v) is 7.32. The van der Waals surface area contributed by atoms with Gasteiger partial charge < -0.3 is 4.98 Å². The molecule has 1 aromatic heterocycles. The second-order valence-electron chi connectivity index (χ2n) is 3.93. The van der Waals surface area contributed by atoms with E-state index in [1.54, 1.807) is 24.3 Å². The Labute approximate surface area is 120 Å². The minimum atomic E-state index is -0.884. The number of nitrogens with one attached hydrogen (secondary N) is 1. The molecule has 0 spiro atoms. The molecule has 7 heteroatoms. The van der Waals surface area contributed by atoms with Gasteiger partial charge in [0, 0.05) is 10.6 Å². The van der Waals surface area contributed by atoms with Crippen LogP contribution in [-0.4, -0.2) is 15.9 Å². The molecule has 0 radical (unpaired) electrons. The van der Waals surface area contributed by atoms with Crippen molar-refractivity contribution in [2.45, 2.75) is 10.9 Å². The number of fused-ring (bicyclic) bond motifs is 1. The highest BCUT2D eigenvalue weighted by molar-refractivity contribution is 8.14. The Hall–Kier alpha value is -1.37. The molecule has 4 nitrogen and oxygen atoms in total. The Morgan fingerprint density at radius 2 is 1.89 bits per heavy atom. The molecule has 1 aliphatic heterocycles. The third-order valence-corrected chi connectivity index (χ3v) is 5.02. The van der Waals surface area contributed by atoms with Crippen molar-refractivity contribution in [3.63, 3.8) is 0 Å². The lowest BCUT2D eigenvalue weighted by Gasteiger charge is -2.06. The normalized spacial score (nSPS) is 17.5. The van der Waals surface area contributed by atoms with Gasteiger partial charge in [-0.1, -0.05) is 22.9 Å². The number of halogens is 1. The first kappa shape index (κ1) is 12.7. The molecule has 1 atom stereocenters. The predicted octanol–water partition coefficient (Wildman–Crippen LogP) is 2.69. The molecule has 0 aliphatic carbocycles. The van der Waals surface area contributed by atoms with E-state index in [2.05, 4.69) is 4.98 Å². The monoisotopic (exact) mass is 311 g/mol. The average molecular weight is 312 g/mol. The molecule has 1 aliphatic rings. The number of rotatable bonds is 2. The third kappa shape index (κ3) is 2.16. The molecule has 3 rings (SSSR count). The van der Waals surface area contributed by atoms with Crippen LogP contribution in [0.25, 0.3) is 0 Å². The molecule has 2 aromatic rings. The molecule has 0 fully saturated rings. The molecule has 0 amide bonds. The van der Waals surface area contributed by atoms with Gasteiger partial charge in [-0.05, 0) is 36.0 Å². The summed E-state index contributed by atoms with van der Waals surface area (Å²) in [6.45, 7) is 0. The molecule has 0 unspecified atom stereocenters. The molecule has 0 saturated heterocycles. The van der Waals surface area contributed by atoms with Gasteiger partial charge in [-0.15, -0.1) is 0 Å². The van der Waals surface area contributed by atoms with Crippen molar-refractivity contribution in [1.29, 1.82) is 0 Å². The van der Waals surface area contributed by atoms with Gasteiger partial charge >= 0.3 is 4.87 Å². The molecule has 96 valence electrons. The Morgan fingerprint density at radius 1 is 1.21 bits per heavy atom. The van der Waals surface area contributed by atoms with Gasteiger partial charge in [-0.25, -0.2) is 0 Å².